The Bertz CT molecular complexity index is 645. The molecule has 1 aromatic carbocycles. The van der Waals surface area contributed by atoms with Gasteiger partial charge in [0.2, 0.25) is 5.91 Å². The molecule has 2 fully saturated rings. The number of nitro benzene ring substituents is 1. The van der Waals surface area contributed by atoms with Gasteiger partial charge in [-0.05, 0) is 30.9 Å². The van der Waals surface area contributed by atoms with E-state index in [9.17, 15) is 19.7 Å². The van der Waals surface area contributed by atoms with Crippen molar-refractivity contribution in [1.29, 1.82) is 0 Å². The minimum absolute atomic E-state index is 0.0288. The second kappa shape index (κ2) is 7.63. The molecule has 1 saturated heterocycles. The summed E-state index contributed by atoms with van der Waals surface area (Å²) in [4.78, 5) is 38.6. The molecule has 0 spiro atoms. The van der Waals surface area contributed by atoms with Crippen LogP contribution < -0.4 is 0 Å². The van der Waals surface area contributed by atoms with Crippen molar-refractivity contribution in [2.75, 3.05) is 26.2 Å². The van der Waals surface area contributed by atoms with Gasteiger partial charge < -0.3 is 9.80 Å². The second-order valence-electron chi connectivity index (χ2n) is 6.83. The van der Waals surface area contributed by atoms with E-state index < -0.39 is 4.92 Å². The lowest BCUT2D eigenvalue weighted by atomic mass is 10.0. The molecule has 0 aromatic heterocycles. The molecule has 1 aliphatic heterocycles. The lowest BCUT2D eigenvalue weighted by molar-refractivity contribution is -0.384. The van der Waals surface area contributed by atoms with Gasteiger partial charge in [-0.3, -0.25) is 19.7 Å². The fourth-order valence-electron chi connectivity index (χ4n) is 3.66. The number of non-ortho nitro benzene ring substituents is 1. The molecule has 1 aliphatic carbocycles. The molecule has 3 rings (SSSR count). The zero-order valence-corrected chi connectivity index (χ0v) is 14.2. The minimum atomic E-state index is -0.483. The van der Waals surface area contributed by atoms with Gasteiger partial charge >= 0.3 is 0 Å². The molecule has 7 heteroatoms. The van der Waals surface area contributed by atoms with Crippen LogP contribution in [0.4, 0.5) is 5.69 Å². The maximum Gasteiger partial charge on any atom is 0.269 e. The maximum absolute atomic E-state index is 12.5. The molecule has 0 N–H and O–H groups in total. The normalized spacial score (nSPS) is 18.4. The molecule has 2 aliphatic rings. The van der Waals surface area contributed by atoms with E-state index in [4.69, 9.17) is 0 Å². The van der Waals surface area contributed by atoms with Crippen LogP contribution in [0, 0.1) is 16.0 Å². The molecule has 2 amide bonds. The summed E-state index contributed by atoms with van der Waals surface area (Å²) in [5.74, 6) is 0.597. The summed E-state index contributed by atoms with van der Waals surface area (Å²) in [6, 6.07) is 5.65. The van der Waals surface area contributed by atoms with Gasteiger partial charge in [0, 0.05) is 50.3 Å². The molecule has 25 heavy (non-hydrogen) atoms. The van der Waals surface area contributed by atoms with E-state index in [-0.39, 0.29) is 17.5 Å². The molecule has 0 atom stereocenters. The van der Waals surface area contributed by atoms with E-state index in [0.717, 1.165) is 12.8 Å². The number of nitrogens with zero attached hydrogens (tertiary/aromatic N) is 3. The number of rotatable bonds is 4. The van der Waals surface area contributed by atoms with Crippen LogP contribution in [0.25, 0.3) is 0 Å². The van der Waals surface area contributed by atoms with E-state index >= 15 is 0 Å². The largest absolute Gasteiger partial charge is 0.339 e. The number of nitro groups is 1. The third-order valence-electron chi connectivity index (χ3n) is 5.18. The Labute approximate surface area is 146 Å². The van der Waals surface area contributed by atoms with Crippen molar-refractivity contribution in [3.8, 4) is 0 Å². The molecule has 0 radical (unpaired) electrons. The van der Waals surface area contributed by atoms with Crippen LogP contribution in [-0.2, 0) is 4.79 Å². The average molecular weight is 345 g/mol. The summed E-state index contributed by atoms with van der Waals surface area (Å²) < 4.78 is 0. The monoisotopic (exact) mass is 345 g/mol. The van der Waals surface area contributed by atoms with Gasteiger partial charge in [-0.25, -0.2) is 0 Å². The van der Waals surface area contributed by atoms with Crippen molar-refractivity contribution in [2.45, 2.75) is 32.1 Å². The Morgan fingerprint density at radius 3 is 2.12 bits per heavy atom. The number of carbonyl (C=O) groups excluding carboxylic acids is 2. The lowest BCUT2D eigenvalue weighted by Crippen LogP contribution is -2.50. The van der Waals surface area contributed by atoms with Crippen LogP contribution in [0.3, 0.4) is 0 Å². The number of carbonyl (C=O) groups is 2. The number of amides is 2. The van der Waals surface area contributed by atoms with Gasteiger partial charge in [0.15, 0.2) is 0 Å². The van der Waals surface area contributed by atoms with E-state index in [2.05, 4.69) is 0 Å². The van der Waals surface area contributed by atoms with E-state index in [1.807, 2.05) is 4.90 Å². The lowest BCUT2D eigenvalue weighted by Gasteiger charge is -2.35. The molecule has 1 heterocycles. The molecular weight excluding hydrogens is 322 g/mol. The summed E-state index contributed by atoms with van der Waals surface area (Å²) in [6.45, 7) is 2.13. The fourth-order valence-corrected chi connectivity index (χ4v) is 3.66. The summed E-state index contributed by atoms with van der Waals surface area (Å²) >= 11 is 0. The first kappa shape index (κ1) is 17.4. The Morgan fingerprint density at radius 2 is 1.56 bits per heavy atom. The molecule has 0 bridgehead atoms. The van der Waals surface area contributed by atoms with Crippen LogP contribution in [-0.4, -0.2) is 52.7 Å². The van der Waals surface area contributed by atoms with Crippen molar-refractivity contribution in [1.82, 2.24) is 9.80 Å². The van der Waals surface area contributed by atoms with E-state index in [1.165, 1.54) is 37.1 Å². The van der Waals surface area contributed by atoms with Crippen LogP contribution >= 0.6 is 0 Å². The first-order valence-corrected chi connectivity index (χ1v) is 8.86. The summed E-state index contributed by atoms with van der Waals surface area (Å²) in [5.41, 5.74) is 0.412. The third kappa shape index (κ3) is 4.15. The van der Waals surface area contributed by atoms with Gasteiger partial charge in [-0.15, -0.1) is 0 Å². The first-order valence-electron chi connectivity index (χ1n) is 8.86. The molecule has 134 valence electrons. The highest BCUT2D eigenvalue weighted by Gasteiger charge is 2.27. The average Bonchev–Trinajstić information content (AvgIpc) is 3.14. The Kier molecular flexibility index (Phi) is 5.31. The second-order valence-corrected chi connectivity index (χ2v) is 6.83. The summed E-state index contributed by atoms with van der Waals surface area (Å²) in [6.07, 6.45) is 5.41. The first-order chi connectivity index (χ1) is 12.0. The molecule has 1 aromatic rings. The zero-order valence-electron chi connectivity index (χ0n) is 14.2. The van der Waals surface area contributed by atoms with Gasteiger partial charge in [-0.2, -0.15) is 0 Å². The van der Waals surface area contributed by atoms with Gasteiger partial charge in [0.1, 0.15) is 0 Å². The molecule has 7 nitrogen and oxygen atoms in total. The van der Waals surface area contributed by atoms with E-state index in [1.54, 1.807) is 4.90 Å². The van der Waals surface area contributed by atoms with Crippen LogP contribution in [0.5, 0.6) is 0 Å². The van der Waals surface area contributed by atoms with Gasteiger partial charge in [-0.1, -0.05) is 12.8 Å². The maximum atomic E-state index is 12.5. The highest BCUT2D eigenvalue weighted by atomic mass is 16.6. The predicted molar refractivity (Wildman–Crippen MR) is 92.2 cm³/mol. The summed E-state index contributed by atoms with van der Waals surface area (Å²) in [5, 5.41) is 10.7. The number of hydrogen-bond donors (Lipinski definition) is 0. The fraction of sp³-hybridized carbons (Fsp3) is 0.556. The highest BCUT2D eigenvalue weighted by Crippen LogP contribution is 2.28. The summed E-state index contributed by atoms with van der Waals surface area (Å²) in [7, 11) is 0. The Balaban J connectivity index is 1.51. The standard InChI is InChI=1S/C18H23N3O4/c22-17(13-14-3-1-2-4-14)19-9-11-20(12-10-19)18(23)15-5-7-16(8-6-15)21(24)25/h5-8,14H,1-4,9-13H2. The quantitative estimate of drug-likeness (QED) is 0.620. The Morgan fingerprint density at radius 1 is 1.00 bits per heavy atom. The highest BCUT2D eigenvalue weighted by molar-refractivity contribution is 5.94. The van der Waals surface area contributed by atoms with Crippen molar-refractivity contribution >= 4 is 17.5 Å². The van der Waals surface area contributed by atoms with Gasteiger partial charge in [0.05, 0.1) is 4.92 Å². The molecule has 1 saturated carbocycles. The smallest absolute Gasteiger partial charge is 0.269 e. The minimum Gasteiger partial charge on any atom is -0.339 e. The van der Waals surface area contributed by atoms with Crippen LogP contribution in [0.2, 0.25) is 0 Å². The van der Waals surface area contributed by atoms with Crippen molar-refractivity contribution in [3.63, 3.8) is 0 Å². The number of benzene rings is 1. The number of hydrogen-bond acceptors (Lipinski definition) is 4. The SMILES string of the molecule is O=C(CC1CCCC1)N1CCN(C(=O)c2ccc([N+](=O)[O-])cc2)CC1. The zero-order chi connectivity index (χ0) is 17.8. The number of piperazine rings is 1. The topological polar surface area (TPSA) is 83.8 Å². The molecule has 0 unspecified atom stereocenters. The van der Waals surface area contributed by atoms with Crippen molar-refractivity contribution in [2.24, 2.45) is 5.92 Å². The molecular formula is C18H23N3O4. The van der Waals surface area contributed by atoms with Gasteiger partial charge in [0.25, 0.3) is 11.6 Å². The van der Waals surface area contributed by atoms with Crippen molar-refractivity contribution < 1.29 is 14.5 Å². The van der Waals surface area contributed by atoms with Crippen LogP contribution in [0.1, 0.15) is 42.5 Å². The van der Waals surface area contributed by atoms with Crippen molar-refractivity contribution in [3.05, 3.63) is 39.9 Å². The Hall–Kier alpha value is -2.44. The third-order valence-corrected chi connectivity index (χ3v) is 5.18. The predicted octanol–water partition coefficient (Wildman–Crippen LogP) is 2.46. The van der Waals surface area contributed by atoms with Crippen LogP contribution in [0.15, 0.2) is 24.3 Å². The van der Waals surface area contributed by atoms with E-state index in [0.29, 0.717) is 44.1 Å².